The Balaban J connectivity index is 1.42. The third kappa shape index (κ3) is 8.21. The summed E-state index contributed by atoms with van der Waals surface area (Å²) in [5.74, 6) is 0.375. The molecule has 222 valence electrons. The van der Waals surface area contributed by atoms with Gasteiger partial charge in [0.25, 0.3) is 0 Å². The van der Waals surface area contributed by atoms with Crippen molar-refractivity contribution in [2.75, 3.05) is 43.7 Å². The summed E-state index contributed by atoms with van der Waals surface area (Å²) in [7, 11) is 2.14. The minimum absolute atomic E-state index is 0.375. The van der Waals surface area contributed by atoms with Crippen molar-refractivity contribution in [2.45, 2.75) is 26.6 Å². The highest BCUT2D eigenvalue weighted by Crippen LogP contribution is 2.32. The number of anilines is 2. The Morgan fingerprint density at radius 3 is 2.26 bits per heavy atom. The van der Waals surface area contributed by atoms with E-state index < -0.39 is 11.7 Å². The van der Waals surface area contributed by atoms with E-state index in [1.165, 1.54) is 29.5 Å². The summed E-state index contributed by atoms with van der Waals surface area (Å²) in [6.07, 6.45) is -0.715. The molecule has 3 aromatic carbocycles. The van der Waals surface area contributed by atoms with E-state index >= 15 is 0 Å². The van der Waals surface area contributed by atoms with Crippen LogP contribution >= 0.6 is 11.8 Å². The maximum Gasteiger partial charge on any atom is 0.416 e. The molecule has 0 aliphatic carbocycles. The Hall–Kier alpha value is -3.66. The molecule has 3 aromatic rings. The fraction of sp³-hybridized carbons (Fsp3) is 0.273. The molecular formula is C33H38F3N5S. The van der Waals surface area contributed by atoms with E-state index in [-0.39, 0.29) is 0 Å². The number of thioether (sulfide) groups is 1. The molecule has 0 unspecified atom stereocenters. The largest absolute Gasteiger partial charge is 0.416 e. The molecule has 0 atom stereocenters. The van der Waals surface area contributed by atoms with E-state index in [4.69, 9.17) is 5.73 Å². The molecule has 1 aliphatic heterocycles. The average Bonchev–Trinajstić information content (AvgIpc) is 3.37. The van der Waals surface area contributed by atoms with Crippen LogP contribution in [0.4, 0.5) is 24.5 Å². The number of alkyl halides is 3. The fourth-order valence-electron chi connectivity index (χ4n) is 4.77. The first-order valence-corrected chi connectivity index (χ1v) is 14.9. The van der Waals surface area contributed by atoms with E-state index in [0.29, 0.717) is 11.4 Å². The number of nitrogens with one attached hydrogen (secondary N) is 2. The Labute approximate surface area is 251 Å². The number of aryl methyl sites for hydroxylation is 1. The predicted octanol–water partition coefficient (Wildman–Crippen LogP) is 7.81. The third-order valence-electron chi connectivity index (χ3n) is 7.26. The van der Waals surface area contributed by atoms with Crippen molar-refractivity contribution in [1.82, 2.24) is 9.80 Å². The lowest BCUT2D eigenvalue weighted by molar-refractivity contribution is -0.137. The maximum atomic E-state index is 13.0. The quantitative estimate of drug-likeness (QED) is 0.209. The van der Waals surface area contributed by atoms with Gasteiger partial charge in [-0.05, 0) is 96.3 Å². The Morgan fingerprint density at radius 2 is 1.67 bits per heavy atom. The first-order valence-electron chi connectivity index (χ1n) is 13.7. The number of likely N-dealkylation sites (N-methyl/N-ethyl adjacent to an activating group) is 1. The van der Waals surface area contributed by atoms with Crippen molar-refractivity contribution in [3.63, 3.8) is 0 Å². The molecule has 0 bridgehead atoms. The van der Waals surface area contributed by atoms with Crippen molar-refractivity contribution in [1.29, 1.82) is 0 Å². The number of allylic oxidation sites excluding steroid dienone is 3. The molecule has 4 N–H and O–H groups in total. The lowest BCUT2D eigenvalue weighted by Crippen LogP contribution is -2.22. The van der Waals surface area contributed by atoms with Crippen LogP contribution in [0.5, 0.6) is 0 Å². The Morgan fingerprint density at radius 1 is 1.00 bits per heavy atom. The maximum absolute atomic E-state index is 13.0. The van der Waals surface area contributed by atoms with Crippen LogP contribution in [0.15, 0.2) is 90.1 Å². The summed E-state index contributed by atoms with van der Waals surface area (Å²) in [6.45, 7) is 12.3. The summed E-state index contributed by atoms with van der Waals surface area (Å²) >= 11 is 1.51. The molecule has 0 spiro atoms. The van der Waals surface area contributed by atoms with E-state index in [1.807, 2.05) is 37.4 Å². The number of hydrogen-bond donors (Lipinski definition) is 3. The van der Waals surface area contributed by atoms with Crippen molar-refractivity contribution in [3.8, 4) is 0 Å². The van der Waals surface area contributed by atoms with Crippen molar-refractivity contribution in [3.05, 3.63) is 118 Å². The number of nitrogens with two attached hydrogens (primary N) is 1. The summed E-state index contributed by atoms with van der Waals surface area (Å²) < 4.78 is 39.1. The van der Waals surface area contributed by atoms with Gasteiger partial charge in [-0.15, -0.1) is 11.8 Å². The van der Waals surface area contributed by atoms with Crippen molar-refractivity contribution in [2.24, 2.45) is 5.73 Å². The van der Waals surface area contributed by atoms with Gasteiger partial charge >= 0.3 is 6.18 Å². The lowest BCUT2D eigenvalue weighted by Gasteiger charge is -2.18. The standard InChI is InChI=1S/C33H38F3N5S/c1-22-6-7-25(20-41-17-16-40(4)21-41)18-31(22)38-23(2)26-10-14-29(15-11-26)39-32(37)19-30(24(3)42-5)27-8-12-28(13-9-27)33(34,35)36/h6-15,18-19,38-39H,2,16-17,20-21,37H2,1,3-5H3/b30-24-,32-19+. The van der Waals surface area contributed by atoms with Crippen molar-refractivity contribution < 1.29 is 13.2 Å². The molecule has 0 saturated carbocycles. The molecule has 1 heterocycles. The third-order valence-corrected chi connectivity index (χ3v) is 8.10. The van der Waals surface area contributed by atoms with Crippen LogP contribution in [0.1, 0.15) is 34.7 Å². The number of hydrogen-bond acceptors (Lipinski definition) is 6. The molecule has 1 aliphatic rings. The zero-order chi connectivity index (χ0) is 30.4. The summed E-state index contributed by atoms with van der Waals surface area (Å²) in [5, 5.41) is 6.66. The Bertz CT molecular complexity index is 1460. The average molecular weight is 594 g/mol. The number of nitrogens with zero attached hydrogens (tertiary/aromatic N) is 2. The molecule has 0 radical (unpaired) electrons. The second-order valence-electron chi connectivity index (χ2n) is 10.6. The minimum Gasteiger partial charge on any atom is -0.385 e. The van der Waals surface area contributed by atoms with Gasteiger partial charge in [-0.25, -0.2) is 0 Å². The highest BCUT2D eigenvalue weighted by molar-refractivity contribution is 8.02. The predicted molar refractivity (Wildman–Crippen MR) is 172 cm³/mol. The molecule has 0 amide bonds. The van der Waals surface area contributed by atoms with Crippen LogP contribution < -0.4 is 16.4 Å². The van der Waals surface area contributed by atoms with Crippen LogP contribution in [-0.4, -0.2) is 42.9 Å². The van der Waals surface area contributed by atoms with Gasteiger partial charge in [-0.1, -0.05) is 43.0 Å². The van der Waals surface area contributed by atoms with Gasteiger partial charge in [0.2, 0.25) is 0 Å². The van der Waals surface area contributed by atoms with E-state index in [9.17, 15) is 13.2 Å². The molecule has 1 saturated heterocycles. The molecular weight excluding hydrogens is 555 g/mol. The summed E-state index contributed by atoms with van der Waals surface area (Å²) in [4.78, 5) is 5.68. The van der Waals surface area contributed by atoms with Crippen LogP contribution in [0.25, 0.3) is 11.3 Å². The van der Waals surface area contributed by atoms with Gasteiger partial charge in [0.1, 0.15) is 5.82 Å². The van der Waals surface area contributed by atoms with Crippen LogP contribution in [0.3, 0.4) is 0 Å². The molecule has 9 heteroatoms. The molecule has 0 aromatic heterocycles. The second-order valence-corrected chi connectivity index (χ2v) is 11.6. The molecule has 4 rings (SSSR count). The van der Waals surface area contributed by atoms with Gasteiger partial charge in [0, 0.05) is 36.7 Å². The molecule has 5 nitrogen and oxygen atoms in total. The first-order chi connectivity index (χ1) is 19.9. The summed E-state index contributed by atoms with van der Waals surface area (Å²) in [5.41, 5.74) is 13.0. The van der Waals surface area contributed by atoms with Crippen LogP contribution in [-0.2, 0) is 12.7 Å². The first kappa shape index (κ1) is 31.3. The zero-order valence-electron chi connectivity index (χ0n) is 24.5. The lowest BCUT2D eigenvalue weighted by atomic mass is 10.0. The highest BCUT2D eigenvalue weighted by atomic mass is 32.2. The summed E-state index contributed by atoms with van der Waals surface area (Å²) in [6, 6.07) is 19.4. The van der Waals surface area contributed by atoms with Gasteiger partial charge in [0.15, 0.2) is 0 Å². The van der Waals surface area contributed by atoms with E-state index in [0.717, 1.165) is 77.1 Å². The second kappa shape index (κ2) is 13.5. The van der Waals surface area contributed by atoms with Gasteiger partial charge in [0.05, 0.1) is 12.2 Å². The van der Waals surface area contributed by atoms with Crippen LogP contribution in [0.2, 0.25) is 0 Å². The Kier molecular flexibility index (Phi) is 10.1. The van der Waals surface area contributed by atoms with Crippen molar-refractivity contribution >= 4 is 34.4 Å². The molecule has 1 fully saturated rings. The number of halogens is 3. The highest BCUT2D eigenvalue weighted by Gasteiger charge is 2.30. The fourth-order valence-corrected chi connectivity index (χ4v) is 5.17. The van der Waals surface area contributed by atoms with E-state index in [1.54, 1.807) is 6.08 Å². The van der Waals surface area contributed by atoms with Gasteiger partial charge in [-0.2, -0.15) is 13.2 Å². The smallest absolute Gasteiger partial charge is 0.385 e. The molecule has 42 heavy (non-hydrogen) atoms. The SMILES string of the molecule is C=C(Nc1cc(CN2CCN(C)C2)ccc1C)c1ccc(N/C(N)=C/C(=C(\C)SC)c2ccc(C(F)(F)F)cc2)cc1. The monoisotopic (exact) mass is 593 g/mol. The normalized spacial score (nSPS) is 15.5. The zero-order valence-corrected chi connectivity index (χ0v) is 25.3. The number of benzene rings is 3. The van der Waals surface area contributed by atoms with E-state index in [2.05, 4.69) is 59.2 Å². The van der Waals surface area contributed by atoms with Gasteiger partial charge in [-0.3, -0.25) is 9.80 Å². The topological polar surface area (TPSA) is 56.6 Å². The minimum atomic E-state index is -4.38. The number of rotatable bonds is 10. The van der Waals surface area contributed by atoms with Crippen LogP contribution in [0, 0.1) is 6.92 Å². The van der Waals surface area contributed by atoms with Gasteiger partial charge < -0.3 is 16.4 Å².